The minimum atomic E-state index is 0.178. The molecule has 0 aliphatic heterocycles. The van der Waals surface area contributed by atoms with Crippen molar-refractivity contribution in [2.75, 3.05) is 7.05 Å². The van der Waals surface area contributed by atoms with Gasteiger partial charge in [-0.2, -0.15) is 0 Å². The van der Waals surface area contributed by atoms with Crippen molar-refractivity contribution in [2.24, 2.45) is 0 Å². The van der Waals surface area contributed by atoms with Crippen LogP contribution in [0.15, 0.2) is 11.1 Å². The van der Waals surface area contributed by atoms with Gasteiger partial charge in [-0.1, -0.05) is 11.1 Å². The van der Waals surface area contributed by atoms with Gasteiger partial charge in [-0.15, -0.1) is 0 Å². The summed E-state index contributed by atoms with van der Waals surface area (Å²) in [6.07, 6.45) is 3.33. The number of rotatable bonds is 1. The van der Waals surface area contributed by atoms with Gasteiger partial charge in [0.15, 0.2) is 0 Å². The van der Waals surface area contributed by atoms with E-state index in [1.54, 1.807) is 6.92 Å². The molecule has 1 amide bonds. The van der Waals surface area contributed by atoms with Crippen LogP contribution < -0.4 is 0 Å². The first-order chi connectivity index (χ1) is 6.02. The summed E-state index contributed by atoms with van der Waals surface area (Å²) in [6.45, 7) is 6.01. The summed E-state index contributed by atoms with van der Waals surface area (Å²) < 4.78 is 0. The highest BCUT2D eigenvalue weighted by atomic mass is 16.2. The van der Waals surface area contributed by atoms with E-state index in [4.69, 9.17) is 0 Å². The zero-order chi connectivity index (χ0) is 10.0. The number of hydrogen-bond acceptors (Lipinski definition) is 1. The molecular formula is C11H19NO. The summed E-state index contributed by atoms with van der Waals surface area (Å²) in [5.41, 5.74) is 2.97. The highest BCUT2D eigenvalue weighted by Crippen LogP contribution is 2.26. The Labute approximate surface area is 80.6 Å². The van der Waals surface area contributed by atoms with Crippen LogP contribution in [0.5, 0.6) is 0 Å². The Morgan fingerprint density at radius 2 is 2.00 bits per heavy atom. The van der Waals surface area contributed by atoms with Crippen molar-refractivity contribution < 1.29 is 4.79 Å². The van der Waals surface area contributed by atoms with Gasteiger partial charge < -0.3 is 4.90 Å². The third kappa shape index (κ3) is 2.33. The molecule has 0 heterocycles. The van der Waals surface area contributed by atoms with E-state index in [2.05, 4.69) is 13.8 Å². The van der Waals surface area contributed by atoms with E-state index < -0.39 is 0 Å². The molecule has 1 unspecified atom stereocenters. The molecule has 0 N–H and O–H groups in total. The normalized spacial score (nSPS) is 23.2. The fourth-order valence-electron chi connectivity index (χ4n) is 1.81. The quantitative estimate of drug-likeness (QED) is 0.569. The van der Waals surface area contributed by atoms with Gasteiger partial charge in [-0.25, -0.2) is 0 Å². The molecule has 0 saturated carbocycles. The number of carbonyl (C=O) groups is 1. The average Bonchev–Trinajstić information content (AvgIpc) is 2.08. The fourth-order valence-corrected chi connectivity index (χ4v) is 1.81. The lowest BCUT2D eigenvalue weighted by Gasteiger charge is -2.31. The number of carbonyl (C=O) groups excluding carboxylic acids is 1. The van der Waals surface area contributed by atoms with Crippen LogP contribution in [0, 0.1) is 0 Å². The molecule has 74 valence electrons. The molecule has 0 aromatic heterocycles. The third-order valence-electron chi connectivity index (χ3n) is 3.17. The van der Waals surface area contributed by atoms with E-state index in [0.717, 1.165) is 19.3 Å². The minimum absolute atomic E-state index is 0.178. The first kappa shape index (κ1) is 10.3. The Kier molecular flexibility index (Phi) is 3.12. The second-order valence-corrected chi connectivity index (χ2v) is 4.09. The molecule has 1 aliphatic rings. The van der Waals surface area contributed by atoms with Crippen molar-refractivity contribution in [1.82, 2.24) is 4.90 Å². The number of amides is 1. The summed E-state index contributed by atoms with van der Waals surface area (Å²) in [4.78, 5) is 13.0. The Balaban J connectivity index is 2.63. The fraction of sp³-hybridized carbons (Fsp3) is 0.727. The average molecular weight is 181 g/mol. The maximum Gasteiger partial charge on any atom is 0.219 e. The smallest absolute Gasteiger partial charge is 0.219 e. The highest BCUT2D eigenvalue weighted by Gasteiger charge is 2.21. The molecule has 0 bridgehead atoms. The van der Waals surface area contributed by atoms with Gasteiger partial charge in [0.25, 0.3) is 0 Å². The molecular weight excluding hydrogens is 162 g/mol. The maximum absolute atomic E-state index is 11.1. The monoisotopic (exact) mass is 181 g/mol. The van der Waals surface area contributed by atoms with Crippen molar-refractivity contribution in [3.8, 4) is 0 Å². The van der Waals surface area contributed by atoms with Crippen LogP contribution in [0.3, 0.4) is 0 Å². The van der Waals surface area contributed by atoms with Gasteiger partial charge in [0.2, 0.25) is 5.91 Å². The molecule has 0 aromatic rings. The zero-order valence-electron chi connectivity index (χ0n) is 9.05. The molecule has 0 aromatic carbocycles. The number of nitrogens with zero attached hydrogens (tertiary/aromatic N) is 1. The lowest BCUT2D eigenvalue weighted by Crippen LogP contribution is -2.37. The van der Waals surface area contributed by atoms with E-state index in [0.29, 0.717) is 6.04 Å². The Morgan fingerprint density at radius 3 is 2.46 bits per heavy atom. The van der Waals surface area contributed by atoms with Gasteiger partial charge >= 0.3 is 0 Å². The van der Waals surface area contributed by atoms with Crippen LogP contribution >= 0.6 is 0 Å². The molecule has 0 fully saturated rings. The predicted octanol–water partition coefficient (Wildman–Crippen LogP) is 2.35. The second-order valence-electron chi connectivity index (χ2n) is 4.09. The van der Waals surface area contributed by atoms with Crippen molar-refractivity contribution in [2.45, 2.75) is 46.1 Å². The van der Waals surface area contributed by atoms with Gasteiger partial charge in [0.1, 0.15) is 0 Å². The van der Waals surface area contributed by atoms with E-state index in [1.807, 2.05) is 11.9 Å². The predicted molar refractivity (Wildman–Crippen MR) is 54.5 cm³/mol. The Morgan fingerprint density at radius 1 is 1.38 bits per heavy atom. The first-order valence-corrected chi connectivity index (χ1v) is 4.91. The van der Waals surface area contributed by atoms with E-state index in [-0.39, 0.29) is 5.91 Å². The van der Waals surface area contributed by atoms with Crippen LogP contribution in [-0.4, -0.2) is 23.9 Å². The molecule has 13 heavy (non-hydrogen) atoms. The summed E-state index contributed by atoms with van der Waals surface area (Å²) in [5.74, 6) is 0.178. The number of allylic oxidation sites excluding steroid dienone is 1. The van der Waals surface area contributed by atoms with Crippen LogP contribution in [0.25, 0.3) is 0 Å². The van der Waals surface area contributed by atoms with Crippen molar-refractivity contribution >= 4 is 5.91 Å². The van der Waals surface area contributed by atoms with Crippen LogP contribution in [0.2, 0.25) is 0 Å². The summed E-state index contributed by atoms with van der Waals surface area (Å²) in [6, 6.07) is 0.432. The standard InChI is InChI=1S/C11H19NO/c1-8-5-6-11(7-9(8)2)12(4)10(3)13/h11H,5-7H2,1-4H3. The molecule has 0 saturated heterocycles. The summed E-state index contributed by atoms with van der Waals surface area (Å²) in [5, 5.41) is 0. The molecule has 1 aliphatic carbocycles. The lowest BCUT2D eigenvalue weighted by molar-refractivity contribution is -0.129. The summed E-state index contributed by atoms with van der Waals surface area (Å²) >= 11 is 0. The Bertz CT molecular complexity index is 242. The van der Waals surface area contributed by atoms with Gasteiger partial charge in [0.05, 0.1) is 0 Å². The van der Waals surface area contributed by atoms with Crippen LogP contribution in [-0.2, 0) is 4.79 Å². The summed E-state index contributed by atoms with van der Waals surface area (Å²) in [7, 11) is 1.90. The largest absolute Gasteiger partial charge is 0.343 e. The maximum atomic E-state index is 11.1. The van der Waals surface area contributed by atoms with E-state index in [1.165, 1.54) is 11.1 Å². The zero-order valence-corrected chi connectivity index (χ0v) is 9.05. The Hall–Kier alpha value is -0.790. The minimum Gasteiger partial charge on any atom is -0.343 e. The van der Waals surface area contributed by atoms with Crippen molar-refractivity contribution in [3.63, 3.8) is 0 Å². The molecule has 0 radical (unpaired) electrons. The van der Waals surface area contributed by atoms with Crippen LogP contribution in [0.4, 0.5) is 0 Å². The highest BCUT2D eigenvalue weighted by molar-refractivity contribution is 5.73. The topological polar surface area (TPSA) is 20.3 Å². The third-order valence-corrected chi connectivity index (χ3v) is 3.17. The molecule has 0 spiro atoms. The molecule has 2 heteroatoms. The molecule has 2 nitrogen and oxygen atoms in total. The first-order valence-electron chi connectivity index (χ1n) is 4.91. The molecule has 1 atom stereocenters. The lowest BCUT2D eigenvalue weighted by atomic mass is 9.89. The van der Waals surface area contributed by atoms with Gasteiger partial charge in [-0.05, 0) is 33.1 Å². The van der Waals surface area contributed by atoms with E-state index in [9.17, 15) is 4.79 Å². The van der Waals surface area contributed by atoms with Gasteiger partial charge in [0, 0.05) is 20.0 Å². The van der Waals surface area contributed by atoms with E-state index >= 15 is 0 Å². The van der Waals surface area contributed by atoms with Gasteiger partial charge in [-0.3, -0.25) is 4.79 Å². The SMILES string of the molecule is CC(=O)N(C)C1CCC(C)=C(C)C1. The second kappa shape index (κ2) is 3.95. The van der Waals surface area contributed by atoms with Crippen molar-refractivity contribution in [3.05, 3.63) is 11.1 Å². The van der Waals surface area contributed by atoms with Crippen molar-refractivity contribution in [1.29, 1.82) is 0 Å². The molecule has 1 rings (SSSR count). The van der Waals surface area contributed by atoms with Crippen LogP contribution in [0.1, 0.15) is 40.0 Å². The number of hydrogen-bond donors (Lipinski definition) is 0.